The van der Waals surface area contributed by atoms with Crippen LogP contribution in [0.2, 0.25) is 0 Å². The van der Waals surface area contributed by atoms with Crippen molar-refractivity contribution in [2.24, 2.45) is 0 Å². The van der Waals surface area contributed by atoms with Gasteiger partial charge in [-0.15, -0.1) is 0 Å². The zero-order valence-electron chi connectivity index (χ0n) is 10.2. The second-order valence-corrected chi connectivity index (χ2v) is 4.14. The fourth-order valence-electron chi connectivity index (χ4n) is 1.32. The summed E-state index contributed by atoms with van der Waals surface area (Å²) in [7, 11) is 0. The molecule has 100 valence electrons. The zero-order valence-corrected chi connectivity index (χ0v) is 10.2. The molecule has 0 aromatic carbocycles. The van der Waals surface area contributed by atoms with Crippen molar-refractivity contribution in [3.63, 3.8) is 0 Å². The van der Waals surface area contributed by atoms with E-state index >= 15 is 0 Å². The van der Waals surface area contributed by atoms with Gasteiger partial charge in [-0.3, -0.25) is 14.5 Å². The third-order valence-electron chi connectivity index (χ3n) is 2.06. The molecule has 0 atom stereocenters. The molecule has 1 rings (SSSR count). The lowest BCUT2D eigenvalue weighted by molar-refractivity contribution is -0.142. The first-order chi connectivity index (χ1) is 8.38. The summed E-state index contributed by atoms with van der Waals surface area (Å²) >= 11 is 0. The van der Waals surface area contributed by atoms with Crippen LogP contribution >= 0.6 is 0 Å². The average molecular weight is 257 g/mol. The normalized spacial score (nSPS) is 11.1. The van der Waals surface area contributed by atoms with Crippen LogP contribution in [0.1, 0.15) is 31.5 Å². The van der Waals surface area contributed by atoms with Gasteiger partial charge in [0.25, 0.3) is 0 Å². The lowest BCUT2D eigenvalue weighted by Gasteiger charge is -2.15. The van der Waals surface area contributed by atoms with E-state index < -0.39 is 25.0 Å². The van der Waals surface area contributed by atoms with Crippen LogP contribution in [0.5, 0.6) is 0 Å². The molecule has 2 N–H and O–H groups in total. The highest BCUT2D eigenvalue weighted by atomic mass is 16.5. The van der Waals surface area contributed by atoms with Crippen molar-refractivity contribution < 1.29 is 24.3 Å². The molecular weight excluding hydrogens is 242 g/mol. The first-order valence-electron chi connectivity index (χ1n) is 5.37. The molecule has 0 fully saturated rings. The highest BCUT2D eigenvalue weighted by Gasteiger charge is 2.17. The fraction of sp³-hybridized carbons (Fsp3) is 0.600. The molecule has 18 heavy (non-hydrogen) atoms. The van der Waals surface area contributed by atoms with E-state index in [1.165, 1.54) is 4.90 Å². The SMILES string of the molecule is CC(C)c1nc(CN(CC(=O)O)CC(=O)O)no1. The Morgan fingerprint density at radius 2 is 1.83 bits per heavy atom. The molecule has 0 aliphatic rings. The van der Waals surface area contributed by atoms with Crippen LogP contribution in [0, 0.1) is 0 Å². The number of rotatable bonds is 7. The van der Waals surface area contributed by atoms with Gasteiger partial charge < -0.3 is 14.7 Å². The lowest BCUT2D eigenvalue weighted by atomic mass is 10.2. The van der Waals surface area contributed by atoms with E-state index in [1.54, 1.807) is 0 Å². The highest BCUT2D eigenvalue weighted by molar-refractivity contribution is 5.72. The number of hydrogen-bond acceptors (Lipinski definition) is 6. The Balaban J connectivity index is 2.68. The van der Waals surface area contributed by atoms with E-state index in [4.69, 9.17) is 14.7 Å². The number of carbonyl (C=O) groups is 2. The van der Waals surface area contributed by atoms with Crippen molar-refractivity contribution >= 4 is 11.9 Å². The summed E-state index contributed by atoms with van der Waals surface area (Å²) < 4.78 is 4.95. The molecule has 0 unspecified atom stereocenters. The molecule has 0 bridgehead atoms. The molecule has 1 aromatic rings. The molecule has 0 saturated heterocycles. The maximum atomic E-state index is 10.6. The Morgan fingerprint density at radius 1 is 1.28 bits per heavy atom. The average Bonchev–Trinajstić information content (AvgIpc) is 2.63. The quantitative estimate of drug-likeness (QED) is 0.709. The number of nitrogens with zero attached hydrogens (tertiary/aromatic N) is 3. The Bertz CT molecular complexity index is 413. The van der Waals surface area contributed by atoms with E-state index in [-0.39, 0.29) is 18.3 Å². The third-order valence-corrected chi connectivity index (χ3v) is 2.06. The standard InChI is InChI=1S/C10H15N3O5/c1-6(2)10-11-7(12-18-10)3-13(4-8(14)15)5-9(16)17/h6H,3-5H2,1-2H3,(H,14,15)(H,16,17). The predicted octanol–water partition coefficient (Wildman–Crippen LogP) is 0.164. The van der Waals surface area contributed by atoms with E-state index in [2.05, 4.69) is 10.1 Å². The zero-order chi connectivity index (χ0) is 13.7. The number of carboxylic acids is 2. The smallest absolute Gasteiger partial charge is 0.317 e. The minimum absolute atomic E-state index is 0.0226. The van der Waals surface area contributed by atoms with Crippen molar-refractivity contribution in [1.29, 1.82) is 0 Å². The molecule has 1 aromatic heterocycles. The molecule has 0 aliphatic carbocycles. The van der Waals surface area contributed by atoms with Crippen molar-refractivity contribution in [2.45, 2.75) is 26.3 Å². The highest BCUT2D eigenvalue weighted by Crippen LogP contribution is 2.11. The van der Waals surface area contributed by atoms with Gasteiger partial charge in [0, 0.05) is 5.92 Å². The second kappa shape index (κ2) is 6.10. The topological polar surface area (TPSA) is 117 Å². The number of hydrogen-bond donors (Lipinski definition) is 2. The van der Waals surface area contributed by atoms with Gasteiger partial charge in [0.15, 0.2) is 5.82 Å². The molecule has 0 amide bonds. The van der Waals surface area contributed by atoms with E-state index in [0.29, 0.717) is 5.89 Å². The van der Waals surface area contributed by atoms with Gasteiger partial charge in [0.2, 0.25) is 5.89 Å². The number of aromatic nitrogens is 2. The molecule has 0 spiro atoms. The monoisotopic (exact) mass is 257 g/mol. The van der Waals surface area contributed by atoms with Crippen molar-refractivity contribution in [3.05, 3.63) is 11.7 Å². The van der Waals surface area contributed by atoms with Crippen LogP contribution in [0.3, 0.4) is 0 Å². The summed E-state index contributed by atoms with van der Waals surface area (Å²) in [5.41, 5.74) is 0. The van der Waals surface area contributed by atoms with Gasteiger partial charge in [0.05, 0.1) is 19.6 Å². The number of carboxylic acid groups (broad SMARTS) is 2. The second-order valence-electron chi connectivity index (χ2n) is 4.14. The van der Waals surface area contributed by atoms with E-state index in [9.17, 15) is 9.59 Å². The molecule has 8 heteroatoms. The molecule has 0 saturated carbocycles. The molecule has 1 heterocycles. The molecule has 0 radical (unpaired) electrons. The van der Waals surface area contributed by atoms with E-state index in [1.807, 2.05) is 13.8 Å². The fourth-order valence-corrected chi connectivity index (χ4v) is 1.32. The summed E-state index contributed by atoms with van der Waals surface area (Å²) in [4.78, 5) is 26.5. The van der Waals surface area contributed by atoms with Crippen molar-refractivity contribution in [1.82, 2.24) is 15.0 Å². The summed E-state index contributed by atoms with van der Waals surface area (Å²) in [5.74, 6) is -1.43. The van der Waals surface area contributed by atoms with Gasteiger partial charge in [-0.1, -0.05) is 19.0 Å². The van der Waals surface area contributed by atoms with Gasteiger partial charge in [-0.2, -0.15) is 4.98 Å². The summed E-state index contributed by atoms with van der Waals surface area (Å²) in [6, 6.07) is 0. The lowest BCUT2D eigenvalue weighted by Crippen LogP contribution is -2.34. The largest absolute Gasteiger partial charge is 0.480 e. The van der Waals surface area contributed by atoms with Crippen LogP contribution in [0.4, 0.5) is 0 Å². The Hall–Kier alpha value is -1.96. The first kappa shape index (κ1) is 14.1. The van der Waals surface area contributed by atoms with Gasteiger partial charge in [-0.05, 0) is 0 Å². The Kier molecular flexibility index (Phi) is 4.78. The van der Waals surface area contributed by atoms with Gasteiger partial charge >= 0.3 is 11.9 Å². The van der Waals surface area contributed by atoms with E-state index in [0.717, 1.165) is 0 Å². The van der Waals surface area contributed by atoms with Crippen LogP contribution < -0.4 is 0 Å². The Morgan fingerprint density at radius 3 is 2.22 bits per heavy atom. The van der Waals surface area contributed by atoms with Crippen LogP contribution in [0.25, 0.3) is 0 Å². The maximum absolute atomic E-state index is 10.6. The third kappa shape index (κ3) is 4.50. The van der Waals surface area contributed by atoms with Gasteiger partial charge in [0.1, 0.15) is 0 Å². The maximum Gasteiger partial charge on any atom is 0.317 e. The van der Waals surface area contributed by atoms with Gasteiger partial charge in [-0.25, -0.2) is 0 Å². The minimum atomic E-state index is -1.11. The molecule has 8 nitrogen and oxygen atoms in total. The van der Waals surface area contributed by atoms with Crippen LogP contribution in [-0.4, -0.2) is 50.3 Å². The number of aliphatic carboxylic acids is 2. The minimum Gasteiger partial charge on any atom is -0.480 e. The first-order valence-corrected chi connectivity index (χ1v) is 5.37. The molecule has 0 aliphatic heterocycles. The van der Waals surface area contributed by atoms with Crippen LogP contribution in [0.15, 0.2) is 4.52 Å². The summed E-state index contributed by atoms with van der Waals surface area (Å²) in [6.45, 7) is 3.00. The summed E-state index contributed by atoms with van der Waals surface area (Å²) in [6.07, 6.45) is 0. The van der Waals surface area contributed by atoms with Crippen molar-refractivity contribution in [3.8, 4) is 0 Å². The van der Waals surface area contributed by atoms with Crippen molar-refractivity contribution in [2.75, 3.05) is 13.1 Å². The Labute approximate surface area is 103 Å². The molecular formula is C10H15N3O5. The van der Waals surface area contributed by atoms with Crippen LogP contribution in [-0.2, 0) is 16.1 Å². The predicted molar refractivity (Wildman–Crippen MR) is 58.9 cm³/mol. The summed E-state index contributed by atoms with van der Waals surface area (Å²) in [5, 5.41) is 21.0.